The summed E-state index contributed by atoms with van der Waals surface area (Å²) in [5.74, 6) is 0.189. The standard InChI is InChI=1S/C35H56N2O3/c1-4-6-8-10-12-14-23-37(24-15-13-11-9-7-5-2)26-33-28(3)34(30-21-19-29(27-38)20-22-30)40-35(39-33)31-17-16-18-32(36)25-31/h16-22,25,28,33-35,38H,4-15,23-24,26-27,36H2,1-3H3/t28-,33+,34+,35+/m1/s1. The van der Waals surface area contributed by atoms with Gasteiger partial charge < -0.3 is 25.2 Å². The molecule has 2 aromatic carbocycles. The van der Waals surface area contributed by atoms with Gasteiger partial charge in [-0.25, -0.2) is 0 Å². The van der Waals surface area contributed by atoms with Crippen molar-refractivity contribution < 1.29 is 14.6 Å². The third-order valence-corrected chi connectivity index (χ3v) is 8.40. The Labute approximate surface area is 244 Å². The molecule has 0 bridgehead atoms. The average molecular weight is 553 g/mol. The van der Waals surface area contributed by atoms with Crippen LogP contribution in [-0.4, -0.2) is 35.7 Å². The Balaban J connectivity index is 1.72. The number of nitrogens with two attached hydrogens (primary N) is 1. The molecule has 0 saturated carbocycles. The van der Waals surface area contributed by atoms with Crippen molar-refractivity contribution in [2.24, 2.45) is 5.92 Å². The van der Waals surface area contributed by atoms with Crippen molar-refractivity contribution >= 4 is 5.69 Å². The molecule has 1 saturated heterocycles. The molecule has 0 aliphatic carbocycles. The lowest BCUT2D eigenvalue weighted by atomic mass is 9.90. The molecule has 0 radical (unpaired) electrons. The minimum absolute atomic E-state index is 0.0443. The summed E-state index contributed by atoms with van der Waals surface area (Å²) < 4.78 is 13.4. The van der Waals surface area contributed by atoms with Crippen LogP contribution in [0.4, 0.5) is 5.69 Å². The molecule has 2 aromatic rings. The molecule has 224 valence electrons. The Bertz CT molecular complexity index is 918. The lowest BCUT2D eigenvalue weighted by Gasteiger charge is -2.43. The summed E-state index contributed by atoms with van der Waals surface area (Å²) in [6.45, 7) is 10.0. The van der Waals surface area contributed by atoms with Crippen LogP contribution in [0.1, 0.15) is 127 Å². The van der Waals surface area contributed by atoms with Crippen LogP contribution >= 0.6 is 0 Å². The highest BCUT2D eigenvalue weighted by molar-refractivity contribution is 5.41. The molecule has 1 fully saturated rings. The first-order valence-electron chi connectivity index (χ1n) is 16.1. The van der Waals surface area contributed by atoms with Gasteiger partial charge in [-0.3, -0.25) is 0 Å². The number of rotatable bonds is 19. The molecule has 4 atom stereocenters. The molecule has 3 rings (SSSR count). The maximum absolute atomic E-state index is 9.54. The first kappa shape index (κ1) is 32.6. The predicted molar refractivity (Wildman–Crippen MR) is 167 cm³/mol. The Morgan fingerprint density at radius 1 is 0.750 bits per heavy atom. The predicted octanol–water partition coefficient (Wildman–Crippen LogP) is 8.58. The number of hydrogen-bond donors (Lipinski definition) is 2. The van der Waals surface area contributed by atoms with Gasteiger partial charge in [0.25, 0.3) is 0 Å². The van der Waals surface area contributed by atoms with Gasteiger partial charge in [-0.05, 0) is 49.2 Å². The van der Waals surface area contributed by atoms with E-state index in [1.165, 1.54) is 77.0 Å². The number of aliphatic hydroxyl groups is 1. The molecular formula is C35H56N2O3. The van der Waals surface area contributed by atoms with Crippen LogP contribution in [0.2, 0.25) is 0 Å². The summed E-state index contributed by atoms with van der Waals surface area (Å²) in [6.07, 6.45) is 15.3. The van der Waals surface area contributed by atoms with E-state index in [1.807, 2.05) is 36.4 Å². The van der Waals surface area contributed by atoms with E-state index in [0.717, 1.165) is 42.0 Å². The SMILES string of the molecule is CCCCCCCCN(CCCCCCCC)C[C@@H]1O[C@H](c2cccc(N)c2)O[C@H](c2ccc(CO)cc2)[C@@H]1C. The third-order valence-electron chi connectivity index (χ3n) is 8.40. The van der Waals surface area contributed by atoms with E-state index in [9.17, 15) is 5.11 Å². The topological polar surface area (TPSA) is 68.0 Å². The van der Waals surface area contributed by atoms with Gasteiger partial charge in [0, 0.05) is 23.7 Å². The molecule has 5 nitrogen and oxygen atoms in total. The van der Waals surface area contributed by atoms with Crippen LogP contribution < -0.4 is 5.73 Å². The molecule has 1 aliphatic heterocycles. The van der Waals surface area contributed by atoms with Gasteiger partial charge in [-0.15, -0.1) is 0 Å². The quantitative estimate of drug-likeness (QED) is 0.135. The van der Waals surface area contributed by atoms with Crippen molar-refractivity contribution in [1.82, 2.24) is 4.90 Å². The van der Waals surface area contributed by atoms with Crippen molar-refractivity contribution in [2.75, 3.05) is 25.4 Å². The van der Waals surface area contributed by atoms with Gasteiger partial charge in [0.15, 0.2) is 6.29 Å². The fourth-order valence-corrected chi connectivity index (χ4v) is 5.81. The lowest BCUT2D eigenvalue weighted by Crippen LogP contribution is -2.45. The highest BCUT2D eigenvalue weighted by Crippen LogP contribution is 2.42. The Morgan fingerprint density at radius 3 is 1.93 bits per heavy atom. The molecule has 3 N–H and O–H groups in total. The first-order valence-corrected chi connectivity index (χ1v) is 16.1. The van der Waals surface area contributed by atoms with Crippen LogP contribution in [0, 0.1) is 5.92 Å². The Kier molecular flexibility index (Phi) is 15.1. The number of ether oxygens (including phenoxy) is 2. The summed E-state index contributed by atoms with van der Waals surface area (Å²) >= 11 is 0. The van der Waals surface area contributed by atoms with E-state index in [0.29, 0.717) is 0 Å². The van der Waals surface area contributed by atoms with Crippen LogP contribution in [-0.2, 0) is 16.1 Å². The second-order valence-corrected chi connectivity index (χ2v) is 11.8. The number of nitrogens with zero attached hydrogens (tertiary/aromatic N) is 1. The van der Waals surface area contributed by atoms with Gasteiger partial charge >= 0.3 is 0 Å². The molecule has 0 aromatic heterocycles. The van der Waals surface area contributed by atoms with Gasteiger partial charge in [-0.2, -0.15) is 0 Å². The van der Waals surface area contributed by atoms with E-state index in [4.69, 9.17) is 15.2 Å². The van der Waals surface area contributed by atoms with Crippen LogP contribution in [0.15, 0.2) is 48.5 Å². The van der Waals surface area contributed by atoms with Crippen LogP contribution in [0.3, 0.4) is 0 Å². The molecule has 0 spiro atoms. The van der Waals surface area contributed by atoms with Crippen molar-refractivity contribution in [3.05, 3.63) is 65.2 Å². The Morgan fingerprint density at radius 2 is 1.35 bits per heavy atom. The maximum Gasteiger partial charge on any atom is 0.185 e. The smallest absolute Gasteiger partial charge is 0.185 e. The Hall–Kier alpha value is -1.92. The molecule has 5 heteroatoms. The fraction of sp³-hybridized carbons (Fsp3) is 0.657. The van der Waals surface area contributed by atoms with E-state index in [1.54, 1.807) is 0 Å². The fourth-order valence-electron chi connectivity index (χ4n) is 5.81. The highest BCUT2D eigenvalue weighted by atomic mass is 16.7. The number of anilines is 1. The number of unbranched alkanes of at least 4 members (excludes halogenated alkanes) is 10. The summed E-state index contributed by atoms with van der Waals surface area (Å²) in [4.78, 5) is 2.66. The van der Waals surface area contributed by atoms with E-state index in [2.05, 4.69) is 37.8 Å². The minimum Gasteiger partial charge on any atom is -0.399 e. The summed E-state index contributed by atoms with van der Waals surface area (Å²) in [5.41, 5.74) is 9.87. The van der Waals surface area contributed by atoms with Crippen molar-refractivity contribution in [3.8, 4) is 0 Å². The second-order valence-electron chi connectivity index (χ2n) is 11.8. The zero-order valence-corrected chi connectivity index (χ0v) is 25.5. The zero-order chi connectivity index (χ0) is 28.6. The summed E-state index contributed by atoms with van der Waals surface area (Å²) in [6, 6.07) is 16.1. The third kappa shape index (κ3) is 10.8. The molecule has 0 unspecified atom stereocenters. The molecular weight excluding hydrogens is 496 g/mol. The minimum atomic E-state index is -0.461. The molecule has 1 heterocycles. The van der Waals surface area contributed by atoms with E-state index >= 15 is 0 Å². The van der Waals surface area contributed by atoms with Gasteiger partial charge in [0.1, 0.15) is 0 Å². The van der Waals surface area contributed by atoms with E-state index in [-0.39, 0.29) is 24.7 Å². The number of benzene rings is 2. The van der Waals surface area contributed by atoms with Gasteiger partial charge in [-0.1, -0.05) is 121 Å². The normalized spacial score (nSPS) is 21.2. The monoisotopic (exact) mass is 552 g/mol. The number of aliphatic hydroxyl groups excluding tert-OH is 1. The van der Waals surface area contributed by atoms with E-state index < -0.39 is 6.29 Å². The summed E-state index contributed by atoms with van der Waals surface area (Å²) in [7, 11) is 0. The number of hydrogen-bond acceptors (Lipinski definition) is 5. The maximum atomic E-state index is 9.54. The average Bonchev–Trinajstić information content (AvgIpc) is 2.97. The highest BCUT2D eigenvalue weighted by Gasteiger charge is 2.39. The van der Waals surface area contributed by atoms with Gasteiger partial charge in [0.2, 0.25) is 0 Å². The number of nitrogen functional groups attached to an aromatic ring is 1. The molecule has 1 aliphatic rings. The molecule has 40 heavy (non-hydrogen) atoms. The largest absolute Gasteiger partial charge is 0.399 e. The molecule has 0 amide bonds. The van der Waals surface area contributed by atoms with Crippen LogP contribution in [0.5, 0.6) is 0 Å². The van der Waals surface area contributed by atoms with Crippen LogP contribution in [0.25, 0.3) is 0 Å². The van der Waals surface area contributed by atoms with Crippen molar-refractivity contribution in [2.45, 2.75) is 123 Å². The van der Waals surface area contributed by atoms with Gasteiger partial charge in [0.05, 0.1) is 18.8 Å². The zero-order valence-electron chi connectivity index (χ0n) is 25.5. The first-order chi connectivity index (χ1) is 19.5. The lowest BCUT2D eigenvalue weighted by molar-refractivity contribution is -0.276. The van der Waals surface area contributed by atoms with Crippen molar-refractivity contribution in [1.29, 1.82) is 0 Å². The second kappa shape index (κ2) is 18.5. The summed E-state index contributed by atoms with van der Waals surface area (Å²) in [5, 5.41) is 9.54. The van der Waals surface area contributed by atoms with Crippen molar-refractivity contribution in [3.63, 3.8) is 0 Å².